The number of amides is 1. The molecule has 0 saturated carbocycles. The van der Waals surface area contributed by atoms with E-state index in [1.807, 2.05) is 35.4 Å². The molecule has 1 unspecified atom stereocenters. The van der Waals surface area contributed by atoms with E-state index in [0.717, 1.165) is 26.3 Å². The molecule has 2 aromatic rings. The number of carbonyl (C=O) groups is 2. The van der Waals surface area contributed by atoms with Crippen molar-refractivity contribution < 1.29 is 14.3 Å². The maximum atomic E-state index is 13.1. The van der Waals surface area contributed by atoms with Gasteiger partial charge < -0.3 is 15.4 Å². The summed E-state index contributed by atoms with van der Waals surface area (Å²) in [5.41, 5.74) is 8.74. The fourth-order valence-corrected chi connectivity index (χ4v) is 5.19. The van der Waals surface area contributed by atoms with Gasteiger partial charge in [-0.3, -0.25) is 9.79 Å². The fraction of sp³-hybridized carbons (Fsp3) is 0.333. The van der Waals surface area contributed by atoms with E-state index in [0.29, 0.717) is 24.4 Å². The van der Waals surface area contributed by atoms with E-state index >= 15 is 0 Å². The Bertz CT molecular complexity index is 1060. The van der Waals surface area contributed by atoms with Crippen molar-refractivity contribution in [2.24, 2.45) is 16.6 Å². The number of rotatable bonds is 5. The van der Waals surface area contributed by atoms with Crippen molar-refractivity contribution in [2.75, 3.05) is 13.2 Å². The van der Waals surface area contributed by atoms with Crippen LogP contribution in [-0.2, 0) is 14.3 Å². The number of fused-ring (bicyclic) bond motifs is 1. The zero-order valence-corrected chi connectivity index (χ0v) is 19.0. The fourth-order valence-electron chi connectivity index (χ4n) is 3.84. The summed E-state index contributed by atoms with van der Waals surface area (Å²) in [5, 5.41) is 2.61. The Morgan fingerprint density at radius 1 is 1.40 bits per heavy atom. The number of aliphatic imine (C=N–C) groups is 1. The molecule has 0 spiro atoms. The summed E-state index contributed by atoms with van der Waals surface area (Å²) < 4.78 is 6.25. The molecule has 0 aliphatic carbocycles. The van der Waals surface area contributed by atoms with E-state index in [9.17, 15) is 9.59 Å². The number of allylic oxidation sites excluding steroid dienone is 1. The Morgan fingerprint density at radius 2 is 2.20 bits per heavy atom. The smallest absolute Gasteiger partial charge is 0.338 e. The molecule has 2 N–H and O–H groups in total. The van der Waals surface area contributed by atoms with Gasteiger partial charge in [0.25, 0.3) is 0 Å². The lowest BCUT2D eigenvalue weighted by atomic mass is 9.93. The van der Waals surface area contributed by atoms with E-state index in [1.165, 1.54) is 11.3 Å². The van der Waals surface area contributed by atoms with Crippen molar-refractivity contribution >= 4 is 45.0 Å². The summed E-state index contributed by atoms with van der Waals surface area (Å²) in [4.78, 5) is 36.3. The summed E-state index contributed by atoms with van der Waals surface area (Å²) >= 11 is 5.09. The largest absolute Gasteiger partial charge is 0.463 e. The van der Waals surface area contributed by atoms with Crippen LogP contribution in [0, 0.1) is 12.8 Å². The maximum absolute atomic E-state index is 13.1. The van der Waals surface area contributed by atoms with Gasteiger partial charge in [0, 0.05) is 34.7 Å². The van der Waals surface area contributed by atoms with Gasteiger partial charge in [-0.15, -0.1) is 11.3 Å². The minimum absolute atomic E-state index is 0.250. The van der Waals surface area contributed by atoms with Crippen LogP contribution in [0.15, 0.2) is 50.5 Å². The first-order valence-corrected chi connectivity index (χ1v) is 11.3. The summed E-state index contributed by atoms with van der Waals surface area (Å²) in [6.07, 6.45) is 2.08. The van der Waals surface area contributed by atoms with E-state index < -0.39 is 23.8 Å². The zero-order chi connectivity index (χ0) is 21.4. The molecule has 9 heteroatoms. The van der Waals surface area contributed by atoms with Gasteiger partial charge >= 0.3 is 5.97 Å². The summed E-state index contributed by atoms with van der Waals surface area (Å²) in [5.74, 6) is -0.585. The molecule has 1 aromatic heterocycles. The molecule has 4 rings (SSSR count). The topological polar surface area (TPSA) is 97.9 Å². The Morgan fingerprint density at radius 3 is 2.83 bits per heavy atom. The number of primary amides is 1. The molecule has 1 aromatic carbocycles. The first kappa shape index (κ1) is 20.7. The quantitative estimate of drug-likeness (QED) is 0.650. The molecule has 2 atom stereocenters. The number of amidine groups is 1. The molecule has 3 heterocycles. The van der Waals surface area contributed by atoms with Gasteiger partial charge in [0.15, 0.2) is 10.8 Å². The number of aromatic nitrogens is 1. The highest BCUT2D eigenvalue weighted by atomic mass is 79.9. The van der Waals surface area contributed by atoms with E-state index in [4.69, 9.17) is 15.5 Å². The van der Waals surface area contributed by atoms with Crippen LogP contribution in [0.3, 0.4) is 0 Å². The van der Waals surface area contributed by atoms with Crippen molar-refractivity contribution in [3.63, 3.8) is 0 Å². The highest BCUT2D eigenvalue weighted by Gasteiger charge is 2.43. The molecular formula is C21H21BrN4O3S. The van der Waals surface area contributed by atoms with Gasteiger partial charge in [-0.05, 0) is 31.0 Å². The number of aryl methyl sites for hydroxylation is 1. The lowest BCUT2D eigenvalue weighted by Gasteiger charge is -2.32. The normalized spacial score (nSPS) is 20.8. The molecule has 156 valence electrons. The van der Waals surface area contributed by atoms with Gasteiger partial charge in [-0.25, -0.2) is 9.78 Å². The standard InChI is InChI=1S/C21H21BrN4O3S/c1-3-29-21(28)16-15-9-12(18(23)27)10-26(15)19(20-24-6-7-30-20)25-17(16)13-5-4-11(2)8-14(13)22/h4-8,12,17H,3,9-10H2,1-2H3,(H2,23,27)/t12-,17?/m1/s1. The first-order chi connectivity index (χ1) is 14.4. The average Bonchev–Trinajstić information content (AvgIpc) is 3.37. The third-order valence-electron chi connectivity index (χ3n) is 5.23. The number of halogens is 1. The van der Waals surface area contributed by atoms with Crippen molar-refractivity contribution in [2.45, 2.75) is 26.3 Å². The van der Waals surface area contributed by atoms with Crippen LogP contribution in [0.4, 0.5) is 0 Å². The van der Waals surface area contributed by atoms with Crippen LogP contribution in [-0.4, -0.2) is 40.7 Å². The second-order valence-corrected chi connectivity index (χ2v) is 8.96. The highest BCUT2D eigenvalue weighted by Crippen LogP contribution is 2.43. The number of esters is 1. The number of hydrogen-bond acceptors (Lipinski definition) is 7. The van der Waals surface area contributed by atoms with Gasteiger partial charge in [-0.2, -0.15) is 0 Å². The molecule has 0 radical (unpaired) electrons. The Labute approximate surface area is 186 Å². The van der Waals surface area contributed by atoms with Crippen LogP contribution in [0.2, 0.25) is 0 Å². The van der Waals surface area contributed by atoms with Crippen molar-refractivity contribution in [1.82, 2.24) is 9.88 Å². The lowest BCUT2D eigenvalue weighted by Crippen LogP contribution is -2.36. The number of ether oxygens (including phenoxy) is 1. The van der Waals surface area contributed by atoms with Crippen LogP contribution in [0.1, 0.15) is 35.5 Å². The predicted molar refractivity (Wildman–Crippen MR) is 118 cm³/mol. The number of nitrogens with two attached hydrogens (primary N) is 1. The SMILES string of the molecule is CCOC(=O)C1=C2C[C@@H](C(N)=O)CN2C(c2nccs2)=NC1c1ccc(C)cc1Br. The third kappa shape index (κ3) is 3.67. The van der Waals surface area contributed by atoms with E-state index in [1.54, 1.807) is 13.1 Å². The molecule has 1 amide bonds. The van der Waals surface area contributed by atoms with Crippen LogP contribution >= 0.6 is 27.3 Å². The zero-order valence-electron chi connectivity index (χ0n) is 16.6. The molecule has 1 saturated heterocycles. The minimum Gasteiger partial charge on any atom is -0.463 e. The van der Waals surface area contributed by atoms with E-state index in [-0.39, 0.29) is 6.61 Å². The van der Waals surface area contributed by atoms with Crippen LogP contribution in [0.25, 0.3) is 0 Å². The molecule has 7 nitrogen and oxygen atoms in total. The monoisotopic (exact) mass is 488 g/mol. The van der Waals surface area contributed by atoms with Gasteiger partial charge in [0.2, 0.25) is 5.91 Å². The Kier molecular flexibility index (Phi) is 5.75. The maximum Gasteiger partial charge on any atom is 0.338 e. The Balaban J connectivity index is 1.92. The molecule has 2 aliphatic heterocycles. The van der Waals surface area contributed by atoms with Crippen molar-refractivity contribution in [3.8, 4) is 0 Å². The van der Waals surface area contributed by atoms with Gasteiger partial charge in [0.1, 0.15) is 6.04 Å². The predicted octanol–water partition coefficient (Wildman–Crippen LogP) is 3.34. The minimum atomic E-state index is -0.573. The van der Waals surface area contributed by atoms with Crippen molar-refractivity contribution in [3.05, 3.63) is 61.7 Å². The Hall–Kier alpha value is -2.52. The van der Waals surface area contributed by atoms with Crippen molar-refractivity contribution in [1.29, 1.82) is 0 Å². The molecule has 1 fully saturated rings. The molecular weight excluding hydrogens is 468 g/mol. The summed E-state index contributed by atoms with van der Waals surface area (Å²) in [7, 11) is 0. The second kappa shape index (κ2) is 8.31. The molecule has 30 heavy (non-hydrogen) atoms. The number of nitrogens with zero attached hydrogens (tertiary/aromatic N) is 3. The summed E-state index contributed by atoms with van der Waals surface area (Å²) in [6.45, 7) is 4.39. The third-order valence-corrected chi connectivity index (χ3v) is 6.69. The van der Waals surface area contributed by atoms with Gasteiger partial charge in [-0.1, -0.05) is 28.1 Å². The number of thiazole rings is 1. The van der Waals surface area contributed by atoms with E-state index in [2.05, 4.69) is 20.9 Å². The molecule has 2 aliphatic rings. The second-order valence-electron chi connectivity index (χ2n) is 7.21. The lowest BCUT2D eigenvalue weighted by molar-refractivity contribution is -0.139. The van der Waals surface area contributed by atoms with Crippen LogP contribution < -0.4 is 5.73 Å². The number of benzene rings is 1. The highest BCUT2D eigenvalue weighted by molar-refractivity contribution is 9.10. The van der Waals surface area contributed by atoms with Gasteiger partial charge in [0.05, 0.1) is 18.1 Å². The first-order valence-electron chi connectivity index (χ1n) is 9.61. The number of carbonyl (C=O) groups excluding carboxylic acids is 2. The molecule has 0 bridgehead atoms. The summed E-state index contributed by atoms with van der Waals surface area (Å²) in [6, 6.07) is 5.37. The number of hydrogen-bond donors (Lipinski definition) is 1. The van der Waals surface area contributed by atoms with Crippen LogP contribution in [0.5, 0.6) is 0 Å². The average molecular weight is 489 g/mol.